The Morgan fingerprint density at radius 2 is 1.84 bits per heavy atom. The quantitative estimate of drug-likeness (QED) is 0.428. The largest absolute Gasteiger partial charge is 0.334 e. The molecule has 31 heavy (non-hydrogen) atoms. The number of hydrogen-bond donors (Lipinski definition) is 0. The van der Waals surface area contributed by atoms with Crippen molar-refractivity contribution in [2.45, 2.75) is 44.6 Å². The number of nitrogens with zero attached hydrogens (tertiary/aromatic N) is 3. The van der Waals surface area contributed by atoms with Gasteiger partial charge in [0.05, 0.1) is 11.7 Å². The molecule has 1 saturated heterocycles. The van der Waals surface area contributed by atoms with Crippen molar-refractivity contribution in [2.75, 3.05) is 18.0 Å². The molecule has 162 valence electrons. The fourth-order valence-corrected chi connectivity index (χ4v) is 6.28. The van der Waals surface area contributed by atoms with Gasteiger partial charge in [-0.05, 0) is 55.8 Å². The number of hydrogen-bond acceptors (Lipinski definition) is 5. The minimum Gasteiger partial charge on any atom is -0.334 e. The molecule has 0 saturated carbocycles. The van der Waals surface area contributed by atoms with Gasteiger partial charge in [-0.15, -0.1) is 0 Å². The summed E-state index contributed by atoms with van der Waals surface area (Å²) in [6.07, 6.45) is 1.98. The van der Waals surface area contributed by atoms with Gasteiger partial charge in [-0.2, -0.15) is 0 Å². The van der Waals surface area contributed by atoms with Crippen LogP contribution < -0.4 is 4.90 Å². The van der Waals surface area contributed by atoms with E-state index in [-0.39, 0.29) is 11.9 Å². The third-order valence-electron chi connectivity index (χ3n) is 5.36. The Labute approximate surface area is 197 Å². The summed E-state index contributed by atoms with van der Waals surface area (Å²) in [6.45, 7) is 7.78. The molecule has 1 atom stereocenters. The first-order valence-corrected chi connectivity index (χ1v) is 12.7. The van der Waals surface area contributed by atoms with E-state index in [0.717, 1.165) is 50.6 Å². The van der Waals surface area contributed by atoms with E-state index in [9.17, 15) is 4.79 Å². The minimum atomic E-state index is -0.0144. The average molecular weight is 472 g/mol. The van der Waals surface area contributed by atoms with Crippen molar-refractivity contribution in [1.82, 2.24) is 4.90 Å². The highest BCUT2D eigenvalue weighted by molar-refractivity contribution is 8.19. The Bertz CT molecular complexity index is 1040. The molecule has 1 fully saturated rings. The van der Waals surface area contributed by atoms with Gasteiger partial charge in [0.15, 0.2) is 5.17 Å². The smallest absolute Gasteiger partial charge is 0.269 e. The summed E-state index contributed by atoms with van der Waals surface area (Å²) in [5, 5.41) is 2.48. The van der Waals surface area contributed by atoms with Crippen LogP contribution in [0.1, 0.15) is 45.2 Å². The molecule has 0 aromatic heterocycles. The van der Waals surface area contributed by atoms with Gasteiger partial charge in [-0.25, -0.2) is 0 Å². The number of halogens is 1. The van der Waals surface area contributed by atoms with Gasteiger partial charge in [-0.1, -0.05) is 67.0 Å². The Hall–Kier alpha value is -1.89. The summed E-state index contributed by atoms with van der Waals surface area (Å²) < 4.78 is 0. The summed E-state index contributed by atoms with van der Waals surface area (Å²) in [5.41, 5.74) is 2.21. The highest BCUT2D eigenvalue weighted by Crippen LogP contribution is 2.51. The molecule has 2 aliphatic rings. The summed E-state index contributed by atoms with van der Waals surface area (Å²) in [6, 6.07) is 16.1. The summed E-state index contributed by atoms with van der Waals surface area (Å²) >= 11 is 9.40. The fourth-order valence-electron chi connectivity index (χ4n) is 3.66. The standard InChI is InChI=1S/C24H26ClN3OS2/c1-4-6-14-28-22(29)21(31-24(28)26-16(3)17-10-8-7-9-11-17)23-27(5-2)19-15-18(25)12-13-20(19)30-23/h7-13,15-16H,4-6,14H2,1-3H3. The van der Waals surface area contributed by atoms with E-state index >= 15 is 0 Å². The van der Waals surface area contributed by atoms with E-state index < -0.39 is 0 Å². The maximum absolute atomic E-state index is 13.5. The lowest BCUT2D eigenvalue weighted by atomic mass is 10.1. The Balaban J connectivity index is 1.71. The van der Waals surface area contributed by atoms with Gasteiger partial charge < -0.3 is 4.90 Å². The molecule has 2 aromatic rings. The molecular weight excluding hydrogens is 446 g/mol. The summed E-state index contributed by atoms with van der Waals surface area (Å²) in [5.74, 6) is 0.0531. The monoisotopic (exact) mass is 471 g/mol. The molecule has 2 aromatic carbocycles. The van der Waals surface area contributed by atoms with E-state index in [2.05, 4.69) is 37.8 Å². The van der Waals surface area contributed by atoms with Crippen LogP contribution in [0.15, 0.2) is 68.4 Å². The fraction of sp³-hybridized carbons (Fsp3) is 0.333. The van der Waals surface area contributed by atoms with Gasteiger partial charge in [-0.3, -0.25) is 14.7 Å². The number of rotatable bonds is 6. The maximum Gasteiger partial charge on any atom is 0.269 e. The zero-order valence-corrected chi connectivity index (χ0v) is 20.4. The van der Waals surface area contributed by atoms with Crippen molar-refractivity contribution in [3.05, 3.63) is 69.1 Å². The number of amidine groups is 1. The maximum atomic E-state index is 13.5. The molecule has 0 N–H and O–H groups in total. The lowest BCUT2D eigenvalue weighted by Gasteiger charge is -2.19. The second kappa shape index (κ2) is 9.72. The zero-order chi connectivity index (χ0) is 22.0. The van der Waals surface area contributed by atoms with E-state index in [1.54, 1.807) is 11.8 Å². The van der Waals surface area contributed by atoms with Gasteiger partial charge in [0.25, 0.3) is 5.91 Å². The third kappa shape index (κ3) is 4.52. The number of unbranched alkanes of at least 4 members (excludes halogenated alkanes) is 1. The predicted octanol–water partition coefficient (Wildman–Crippen LogP) is 6.93. The van der Waals surface area contributed by atoms with Crippen molar-refractivity contribution in [3.8, 4) is 0 Å². The van der Waals surface area contributed by atoms with Crippen LogP contribution in [0.2, 0.25) is 5.02 Å². The molecule has 1 amide bonds. The van der Waals surface area contributed by atoms with E-state index in [4.69, 9.17) is 16.6 Å². The van der Waals surface area contributed by atoms with Gasteiger partial charge in [0, 0.05) is 23.0 Å². The number of benzene rings is 2. The lowest BCUT2D eigenvalue weighted by Crippen LogP contribution is -2.31. The van der Waals surface area contributed by atoms with Crippen LogP contribution in [0.4, 0.5) is 5.69 Å². The predicted molar refractivity (Wildman–Crippen MR) is 134 cm³/mol. The van der Waals surface area contributed by atoms with Crippen molar-refractivity contribution >= 4 is 51.9 Å². The number of thioether (sulfide) groups is 2. The number of aliphatic imine (C=N–C) groups is 1. The first-order valence-electron chi connectivity index (χ1n) is 10.6. The van der Waals surface area contributed by atoms with Crippen LogP contribution in [0.3, 0.4) is 0 Å². The second-order valence-electron chi connectivity index (χ2n) is 7.50. The molecular formula is C24H26ClN3OS2. The van der Waals surface area contributed by atoms with Crippen LogP contribution in [0.5, 0.6) is 0 Å². The van der Waals surface area contributed by atoms with Crippen molar-refractivity contribution in [3.63, 3.8) is 0 Å². The van der Waals surface area contributed by atoms with E-state index in [1.165, 1.54) is 11.8 Å². The first kappa shape index (κ1) is 22.3. The number of anilines is 1. The van der Waals surface area contributed by atoms with E-state index in [1.807, 2.05) is 41.3 Å². The topological polar surface area (TPSA) is 35.9 Å². The Kier molecular flexibility index (Phi) is 6.99. The van der Waals surface area contributed by atoms with Crippen molar-refractivity contribution in [2.24, 2.45) is 4.99 Å². The van der Waals surface area contributed by atoms with E-state index in [0.29, 0.717) is 11.6 Å². The summed E-state index contributed by atoms with van der Waals surface area (Å²) in [7, 11) is 0. The molecule has 2 heterocycles. The van der Waals surface area contributed by atoms with Gasteiger partial charge in [0.2, 0.25) is 0 Å². The van der Waals surface area contributed by atoms with Crippen LogP contribution in [0, 0.1) is 0 Å². The third-order valence-corrected chi connectivity index (χ3v) is 7.99. The average Bonchev–Trinajstić information content (AvgIpc) is 3.29. The highest BCUT2D eigenvalue weighted by atomic mass is 35.5. The highest BCUT2D eigenvalue weighted by Gasteiger charge is 2.39. The Morgan fingerprint density at radius 3 is 2.55 bits per heavy atom. The number of amides is 1. The summed E-state index contributed by atoms with van der Waals surface area (Å²) in [4.78, 5) is 24.4. The van der Waals surface area contributed by atoms with Gasteiger partial charge in [0.1, 0.15) is 9.93 Å². The first-order chi connectivity index (χ1) is 15.0. The molecule has 0 bridgehead atoms. The van der Waals surface area contributed by atoms with Crippen LogP contribution in [0.25, 0.3) is 0 Å². The molecule has 4 nitrogen and oxygen atoms in total. The van der Waals surface area contributed by atoms with Gasteiger partial charge >= 0.3 is 0 Å². The molecule has 2 aliphatic heterocycles. The van der Waals surface area contributed by atoms with Crippen LogP contribution in [-0.2, 0) is 4.79 Å². The number of fused-ring (bicyclic) bond motifs is 1. The normalized spacial score (nSPS) is 20.6. The Morgan fingerprint density at radius 1 is 1.06 bits per heavy atom. The van der Waals surface area contributed by atoms with Crippen LogP contribution in [-0.4, -0.2) is 29.1 Å². The van der Waals surface area contributed by atoms with Crippen molar-refractivity contribution in [1.29, 1.82) is 0 Å². The lowest BCUT2D eigenvalue weighted by molar-refractivity contribution is -0.122. The molecule has 1 unspecified atom stereocenters. The van der Waals surface area contributed by atoms with Crippen LogP contribution >= 0.6 is 35.1 Å². The zero-order valence-electron chi connectivity index (χ0n) is 18.0. The minimum absolute atomic E-state index is 0.0144. The number of carbonyl (C=O) groups excluding carboxylic acids is 1. The molecule has 7 heteroatoms. The molecule has 0 radical (unpaired) electrons. The SMILES string of the molecule is CCCCN1C(=O)C(=C2Sc3ccc(Cl)cc3N2CC)SC1=NC(C)c1ccccc1. The molecule has 0 spiro atoms. The second-order valence-corrected chi connectivity index (χ2v) is 9.95. The molecule has 4 rings (SSSR count). The molecule has 0 aliphatic carbocycles. The number of carbonyl (C=O) groups is 1. The van der Waals surface area contributed by atoms with Crippen molar-refractivity contribution < 1.29 is 4.79 Å².